The third-order valence-electron chi connectivity index (χ3n) is 4.30. The predicted octanol–water partition coefficient (Wildman–Crippen LogP) is 5.25. The van der Waals surface area contributed by atoms with Gasteiger partial charge in [-0.1, -0.05) is 29.5 Å². The molecule has 0 aliphatic heterocycles. The van der Waals surface area contributed by atoms with Crippen LogP contribution in [0.4, 0.5) is 5.69 Å². The van der Waals surface area contributed by atoms with Crippen molar-refractivity contribution in [2.45, 2.75) is 30.4 Å². The van der Waals surface area contributed by atoms with Crippen LogP contribution in [0.5, 0.6) is 11.5 Å². The smallest absolute Gasteiger partial charge is 0.230 e. The Bertz CT molecular complexity index is 979. The Labute approximate surface area is 179 Å². The molecule has 0 spiro atoms. The zero-order chi connectivity index (χ0) is 20.8. The van der Waals surface area contributed by atoms with Gasteiger partial charge in [0.15, 0.2) is 0 Å². The fourth-order valence-electron chi connectivity index (χ4n) is 2.84. The van der Waals surface area contributed by atoms with Gasteiger partial charge < -0.3 is 14.8 Å². The fraction of sp³-hybridized carbons (Fsp3) is 0.273. The number of carbonyl (C=O) groups excluding carboxylic acids is 1. The number of anilines is 1. The van der Waals surface area contributed by atoms with E-state index in [2.05, 4.69) is 16.4 Å². The van der Waals surface area contributed by atoms with E-state index in [4.69, 9.17) is 9.47 Å². The lowest BCUT2D eigenvalue weighted by Crippen LogP contribution is -2.15. The first-order valence-electron chi connectivity index (χ1n) is 9.13. The Hall–Kier alpha value is -2.51. The van der Waals surface area contributed by atoms with E-state index >= 15 is 0 Å². The van der Waals surface area contributed by atoms with Gasteiger partial charge in [-0.3, -0.25) is 4.79 Å². The SMILES string of the molecule is COc1cc(CSc2nc(CC(=O)Nc3ccc(C)cc3C)cs2)cc(OC)c1. The van der Waals surface area contributed by atoms with Gasteiger partial charge in [0.2, 0.25) is 5.91 Å². The molecule has 3 aromatic rings. The van der Waals surface area contributed by atoms with Crippen LogP contribution in [-0.2, 0) is 17.0 Å². The molecule has 0 aliphatic rings. The molecule has 0 aliphatic carbocycles. The number of aryl methyl sites for hydroxylation is 2. The average Bonchev–Trinajstić information content (AvgIpc) is 3.15. The van der Waals surface area contributed by atoms with Crippen LogP contribution in [0.1, 0.15) is 22.4 Å². The minimum atomic E-state index is -0.0589. The highest BCUT2D eigenvalue weighted by atomic mass is 32.2. The molecule has 3 rings (SSSR count). The molecule has 0 saturated heterocycles. The number of ether oxygens (including phenoxy) is 2. The Balaban J connectivity index is 1.57. The zero-order valence-corrected chi connectivity index (χ0v) is 18.6. The first-order chi connectivity index (χ1) is 14.0. The summed E-state index contributed by atoms with van der Waals surface area (Å²) in [6.07, 6.45) is 0.261. The highest BCUT2D eigenvalue weighted by Gasteiger charge is 2.11. The molecule has 152 valence electrons. The van der Waals surface area contributed by atoms with Gasteiger partial charge in [0.25, 0.3) is 0 Å². The predicted molar refractivity (Wildman–Crippen MR) is 119 cm³/mol. The van der Waals surface area contributed by atoms with E-state index in [-0.39, 0.29) is 12.3 Å². The van der Waals surface area contributed by atoms with Crippen molar-refractivity contribution in [2.24, 2.45) is 0 Å². The van der Waals surface area contributed by atoms with E-state index in [1.165, 1.54) is 5.56 Å². The number of thioether (sulfide) groups is 1. The van der Waals surface area contributed by atoms with Crippen LogP contribution in [0.3, 0.4) is 0 Å². The number of benzene rings is 2. The number of hydrogen-bond acceptors (Lipinski definition) is 6. The fourth-order valence-corrected chi connectivity index (χ4v) is 4.62. The molecule has 5 nitrogen and oxygen atoms in total. The second-order valence-electron chi connectivity index (χ2n) is 6.66. The minimum absolute atomic E-state index is 0.0589. The molecule has 7 heteroatoms. The standard InChI is InChI=1S/C22H24N2O3S2/c1-14-5-6-20(15(2)7-14)24-21(25)10-17-13-29-22(23-17)28-12-16-8-18(26-3)11-19(9-16)27-4/h5-9,11,13H,10,12H2,1-4H3,(H,24,25). The second kappa shape index (κ2) is 9.80. The van der Waals surface area contributed by atoms with Gasteiger partial charge in [-0.05, 0) is 43.2 Å². The Morgan fingerprint density at radius 3 is 2.48 bits per heavy atom. The summed E-state index contributed by atoms with van der Waals surface area (Å²) in [5.41, 5.74) is 4.95. The number of nitrogens with zero attached hydrogens (tertiary/aromatic N) is 1. The molecule has 1 heterocycles. The summed E-state index contributed by atoms with van der Waals surface area (Å²) in [6.45, 7) is 4.03. The van der Waals surface area contributed by atoms with Gasteiger partial charge in [-0.2, -0.15) is 0 Å². The van der Waals surface area contributed by atoms with Crippen molar-refractivity contribution < 1.29 is 14.3 Å². The summed E-state index contributed by atoms with van der Waals surface area (Å²) in [5, 5.41) is 4.91. The molecular formula is C22H24N2O3S2. The molecule has 0 atom stereocenters. The van der Waals surface area contributed by atoms with E-state index in [0.29, 0.717) is 0 Å². The first kappa shape index (κ1) is 21.2. The number of rotatable bonds is 8. The van der Waals surface area contributed by atoms with Crippen molar-refractivity contribution in [3.63, 3.8) is 0 Å². The lowest BCUT2D eigenvalue weighted by molar-refractivity contribution is -0.115. The summed E-state index contributed by atoms with van der Waals surface area (Å²) in [4.78, 5) is 17.0. The number of amides is 1. The van der Waals surface area contributed by atoms with Crippen LogP contribution >= 0.6 is 23.1 Å². The van der Waals surface area contributed by atoms with Crippen LogP contribution in [0, 0.1) is 13.8 Å². The van der Waals surface area contributed by atoms with Gasteiger partial charge in [-0.25, -0.2) is 4.98 Å². The summed E-state index contributed by atoms with van der Waals surface area (Å²) < 4.78 is 11.6. The van der Waals surface area contributed by atoms with Crippen molar-refractivity contribution in [1.82, 2.24) is 4.98 Å². The molecule has 0 unspecified atom stereocenters. The monoisotopic (exact) mass is 428 g/mol. The molecule has 1 N–H and O–H groups in total. The topological polar surface area (TPSA) is 60.5 Å². The van der Waals surface area contributed by atoms with Crippen molar-refractivity contribution in [1.29, 1.82) is 0 Å². The number of thiazole rings is 1. The van der Waals surface area contributed by atoms with E-state index in [1.54, 1.807) is 37.3 Å². The molecule has 29 heavy (non-hydrogen) atoms. The van der Waals surface area contributed by atoms with Gasteiger partial charge >= 0.3 is 0 Å². The Morgan fingerprint density at radius 1 is 1.10 bits per heavy atom. The summed E-state index contributed by atoms with van der Waals surface area (Å²) >= 11 is 3.18. The highest BCUT2D eigenvalue weighted by molar-refractivity contribution is 8.00. The maximum atomic E-state index is 12.4. The maximum absolute atomic E-state index is 12.4. The van der Waals surface area contributed by atoms with Crippen LogP contribution in [0.25, 0.3) is 0 Å². The number of hydrogen-bond donors (Lipinski definition) is 1. The average molecular weight is 429 g/mol. The van der Waals surface area contributed by atoms with Crippen molar-refractivity contribution in [2.75, 3.05) is 19.5 Å². The first-order valence-corrected chi connectivity index (χ1v) is 11.0. The molecule has 1 amide bonds. The van der Waals surface area contributed by atoms with E-state index in [0.717, 1.165) is 44.1 Å². The lowest BCUT2D eigenvalue weighted by Gasteiger charge is -2.08. The Morgan fingerprint density at radius 2 is 1.83 bits per heavy atom. The molecule has 2 aromatic carbocycles. The summed E-state index contributed by atoms with van der Waals surface area (Å²) in [6, 6.07) is 11.8. The van der Waals surface area contributed by atoms with E-state index < -0.39 is 0 Å². The van der Waals surface area contributed by atoms with Crippen LogP contribution in [-0.4, -0.2) is 25.1 Å². The van der Waals surface area contributed by atoms with Crippen LogP contribution in [0.2, 0.25) is 0 Å². The highest BCUT2D eigenvalue weighted by Crippen LogP contribution is 2.30. The van der Waals surface area contributed by atoms with Crippen LogP contribution in [0.15, 0.2) is 46.1 Å². The van der Waals surface area contributed by atoms with Gasteiger partial charge in [0, 0.05) is 22.9 Å². The molecule has 0 radical (unpaired) electrons. The normalized spacial score (nSPS) is 10.6. The summed E-state index contributed by atoms with van der Waals surface area (Å²) in [7, 11) is 3.28. The van der Waals surface area contributed by atoms with Crippen molar-refractivity contribution in [3.05, 3.63) is 64.2 Å². The number of methoxy groups -OCH3 is 2. The molecule has 0 saturated carbocycles. The number of aromatic nitrogens is 1. The van der Waals surface area contributed by atoms with E-state index in [9.17, 15) is 4.79 Å². The van der Waals surface area contributed by atoms with E-state index in [1.807, 2.05) is 49.6 Å². The second-order valence-corrected chi connectivity index (χ2v) is 8.74. The van der Waals surface area contributed by atoms with Crippen LogP contribution < -0.4 is 14.8 Å². The quantitative estimate of drug-likeness (QED) is 0.497. The largest absolute Gasteiger partial charge is 0.497 e. The molecule has 1 aromatic heterocycles. The number of nitrogens with one attached hydrogen (secondary N) is 1. The van der Waals surface area contributed by atoms with Gasteiger partial charge in [0.1, 0.15) is 15.8 Å². The Kier molecular flexibility index (Phi) is 7.17. The maximum Gasteiger partial charge on any atom is 0.230 e. The lowest BCUT2D eigenvalue weighted by atomic mass is 10.1. The molecule has 0 fully saturated rings. The van der Waals surface area contributed by atoms with Gasteiger partial charge in [0.05, 0.1) is 26.3 Å². The van der Waals surface area contributed by atoms with Crippen molar-refractivity contribution in [3.8, 4) is 11.5 Å². The molecule has 0 bridgehead atoms. The van der Waals surface area contributed by atoms with Crippen molar-refractivity contribution >= 4 is 34.7 Å². The van der Waals surface area contributed by atoms with Gasteiger partial charge in [-0.15, -0.1) is 11.3 Å². The molecular weight excluding hydrogens is 404 g/mol. The minimum Gasteiger partial charge on any atom is -0.497 e. The zero-order valence-electron chi connectivity index (χ0n) is 16.9. The summed E-state index contributed by atoms with van der Waals surface area (Å²) in [5.74, 6) is 2.22. The third kappa shape index (κ3) is 5.98. The third-order valence-corrected chi connectivity index (χ3v) is 6.44. The number of carbonyl (C=O) groups is 1.